The van der Waals surface area contributed by atoms with Gasteiger partial charge in [-0.3, -0.25) is 0 Å². The van der Waals surface area contributed by atoms with Crippen LogP contribution in [0.25, 0.3) is 10.2 Å². The number of fused-ring (bicyclic) bond motifs is 1. The van der Waals surface area contributed by atoms with Gasteiger partial charge in [0.2, 0.25) is 5.95 Å². The monoisotopic (exact) mass is 266 g/mol. The molecule has 1 unspecified atom stereocenters. The van der Waals surface area contributed by atoms with Gasteiger partial charge in [-0.05, 0) is 19.4 Å². The van der Waals surface area contributed by atoms with Crippen molar-refractivity contribution in [3.05, 3.63) is 10.9 Å². The van der Waals surface area contributed by atoms with Gasteiger partial charge in [-0.25, -0.2) is 4.98 Å². The second kappa shape index (κ2) is 5.49. The standard InChI is InChI=1S/C12H18N4OS/c1-4-8(17)6-14-10-9-5-7(2)18-11(9)16-12(13-3)15-10/h5,8,17H,4,6H2,1-3H3,(H2,13,14,15,16). The van der Waals surface area contributed by atoms with Crippen LogP contribution in [0.2, 0.25) is 0 Å². The molecule has 0 aliphatic heterocycles. The lowest BCUT2D eigenvalue weighted by Crippen LogP contribution is -2.19. The lowest BCUT2D eigenvalue weighted by atomic mass is 10.2. The van der Waals surface area contributed by atoms with Crippen LogP contribution < -0.4 is 10.6 Å². The molecule has 2 rings (SSSR count). The van der Waals surface area contributed by atoms with E-state index in [9.17, 15) is 5.11 Å². The van der Waals surface area contributed by atoms with Crippen molar-refractivity contribution in [1.29, 1.82) is 0 Å². The highest BCUT2D eigenvalue weighted by Crippen LogP contribution is 2.29. The summed E-state index contributed by atoms with van der Waals surface area (Å²) in [6.07, 6.45) is 0.371. The van der Waals surface area contributed by atoms with Crippen molar-refractivity contribution in [3.63, 3.8) is 0 Å². The van der Waals surface area contributed by atoms with Crippen LogP contribution in [0, 0.1) is 6.92 Å². The van der Waals surface area contributed by atoms with Gasteiger partial charge in [-0.2, -0.15) is 4.98 Å². The molecule has 0 aliphatic rings. The van der Waals surface area contributed by atoms with Crippen molar-refractivity contribution in [3.8, 4) is 0 Å². The number of rotatable bonds is 5. The van der Waals surface area contributed by atoms with Crippen LogP contribution in [0.3, 0.4) is 0 Å². The van der Waals surface area contributed by atoms with Crippen molar-refractivity contribution in [2.45, 2.75) is 26.4 Å². The number of hydrogen-bond acceptors (Lipinski definition) is 6. The summed E-state index contributed by atoms with van der Waals surface area (Å²) in [7, 11) is 1.80. The molecule has 0 bridgehead atoms. The van der Waals surface area contributed by atoms with E-state index in [0.717, 1.165) is 22.5 Å². The molecule has 0 radical (unpaired) electrons. The zero-order chi connectivity index (χ0) is 13.1. The number of thiophene rings is 1. The molecule has 18 heavy (non-hydrogen) atoms. The van der Waals surface area contributed by atoms with Gasteiger partial charge in [-0.1, -0.05) is 6.92 Å². The van der Waals surface area contributed by atoms with Gasteiger partial charge in [0.1, 0.15) is 10.6 Å². The molecular formula is C12H18N4OS. The van der Waals surface area contributed by atoms with Crippen molar-refractivity contribution in [1.82, 2.24) is 9.97 Å². The van der Waals surface area contributed by atoms with E-state index in [1.807, 2.05) is 6.92 Å². The van der Waals surface area contributed by atoms with E-state index in [4.69, 9.17) is 0 Å². The van der Waals surface area contributed by atoms with Crippen molar-refractivity contribution >= 4 is 33.3 Å². The van der Waals surface area contributed by atoms with E-state index < -0.39 is 0 Å². The zero-order valence-electron chi connectivity index (χ0n) is 10.8. The third-order valence-corrected chi connectivity index (χ3v) is 3.66. The first-order valence-corrected chi connectivity index (χ1v) is 6.83. The molecule has 2 aromatic rings. The van der Waals surface area contributed by atoms with Crippen molar-refractivity contribution in [2.24, 2.45) is 0 Å². The maximum Gasteiger partial charge on any atom is 0.225 e. The quantitative estimate of drug-likeness (QED) is 0.774. The fraction of sp³-hybridized carbons (Fsp3) is 0.500. The van der Waals surface area contributed by atoms with Crippen molar-refractivity contribution < 1.29 is 5.11 Å². The summed E-state index contributed by atoms with van der Waals surface area (Å²) in [4.78, 5) is 11.0. The largest absolute Gasteiger partial charge is 0.391 e. The van der Waals surface area contributed by atoms with E-state index in [0.29, 0.717) is 12.5 Å². The first-order chi connectivity index (χ1) is 8.63. The highest BCUT2D eigenvalue weighted by atomic mass is 32.1. The fourth-order valence-corrected chi connectivity index (χ4v) is 2.53. The molecule has 5 nitrogen and oxygen atoms in total. The first-order valence-electron chi connectivity index (χ1n) is 6.02. The Morgan fingerprint density at radius 2 is 2.22 bits per heavy atom. The molecule has 1 atom stereocenters. The molecule has 2 aromatic heterocycles. The summed E-state index contributed by atoms with van der Waals surface area (Å²) in [5, 5.41) is 16.8. The molecule has 0 fully saturated rings. The van der Waals surface area contributed by atoms with E-state index in [2.05, 4.69) is 33.6 Å². The summed E-state index contributed by atoms with van der Waals surface area (Å²) < 4.78 is 0. The van der Waals surface area contributed by atoms with Crippen molar-refractivity contribution in [2.75, 3.05) is 24.2 Å². The van der Waals surface area contributed by atoms with E-state index in [1.54, 1.807) is 18.4 Å². The molecule has 6 heteroatoms. The minimum absolute atomic E-state index is 0.354. The third kappa shape index (κ3) is 2.70. The maximum atomic E-state index is 9.60. The molecule has 0 spiro atoms. The number of aliphatic hydroxyl groups is 1. The van der Waals surface area contributed by atoms with E-state index >= 15 is 0 Å². The lowest BCUT2D eigenvalue weighted by Gasteiger charge is -2.11. The first kappa shape index (κ1) is 13.0. The van der Waals surface area contributed by atoms with Gasteiger partial charge in [0.05, 0.1) is 11.5 Å². The maximum absolute atomic E-state index is 9.60. The van der Waals surface area contributed by atoms with Gasteiger partial charge >= 0.3 is 0 Å². The molecule has 0 saturated carbocycles. The normalized spacial score (nSPS) is 12.7. The fourth-order valence-electron chi connectivity index (χ4n) is 1.65. The minimum atomic E-state index is -0.354. The number of aryl methyl sites for hydroxylation is 1. The summed E-state index contributed by atoms with van der Waals surface area (Å²) in [6.45, 7) is 4.51. The van der Waals surface area contributed by atoms with Crippen LogP contribution in [0.15, 0.2) is 6.07 Å². The van der Waals surface area contributed by atoms with Gasteiger partial charge in [0, 0.05) is 18.5 Å². The molecular weight excluding hydrogens is 248 g/mol. The molecule has 0 amide bonds. The number of nitrogens with zero attached hydrogens (tertiary/aromatic N) is 2. The van der Waals surface area contributed by atoms with Crippen LogP contribution in [0.1, 0.15) is 18.2 Å². The molecule has 2 heterocycles. The Kier molecular flexibility index (Phi) is 3.98. The molecule has 0 saturated heterocycles. The molecule has 98 valence electrons. The van der Waals surface area contributed by atoms with E-state index in [1.165, 1.54) is 4.88 Å². The highest BCUT2D eigenvalue weighted by Gasteiger charge is 2.10. The van der Waals surface area contributed by atoms with Gasteiger partial charge in [0.25, 0.3) is 0 Å². The lowest BCUT2D eigenvalue weighted by molar-refractivity contribution is 0.183. The Morgan fingerprint density at radius 3 is 2.89 bits per heavy atom. The molecule has 3 N–H and O–H groups in total. The summed E-state index contributed by atoms with van der Waals surface area (Å²) in [6, 6.07) is 2.07. The van der Waals surface area contributed by atoms with Gasteiger partial charge < -0.3 is 15.7 Å². The summed E-state index contributed by atoms with van der Waals surface area (Å²) in [5.74, 6) is 1.37. The van der Waals surface area contributed by atoms with Crippen LogP contribution >= 0.6 is 11.3 Å². The Morgan fingerprint density at radius 1 is 1.44 bits per heavy atom. The highest BCUT2D eigenvalue weighted by molar-refractivity contribution is 7.18. The van der Waals surface area contributed by atoms with Crippen LogP contribution in [-0.4, -0.2) is 34.8 Å². The average molecular weight is 266 g/mol. The Hall–Kier alpha value is -1.40. The summed E-state index contributed by atoms with van der Waals surface area (Å²) in [5.41, 5.74) is 0. The van der Waals surface area contributed by atoms with Crippen LogP contribution in [-0.2, 0) is 0 Å². The smallest absolute Gasteiger partial charge is 0.225 e. The number of aliphatic hydroxyl groups excluding tert-OH is 1. The second-order valence-electron chi connectivity index (χ2n) is 4.16. The number of anilines is 2. The van der Waals surface area contributed by atoms with Gasteiger partial charge in [-0.15, -0.1) is 11.3 Å². The number of nitrogens with one attached hydrogen (secondary N) is 2. The topological polar surface area (TPSA) is 70.1 Å². The number of hydrogen-bond donors (Lipinski definition) is 3. The molecule has 0 aromatic carbocycles. The Balaban J connectivity index is 2.34. The second-order valence-corrected chi connectivity index (χ2v) is 5.40. The predicted octanol–water partition coefficient (Wildman–Crippen LogP) is 2.22. The zero-order valence-corrected chi connectivity index (χ0v) is 11.6. The van der Waals surface area contributed by atoms with Gasteiger partial charge in [0.15, 0.2) is 0 Å². The Bertz CT molecular complexity index is 540. The van der Waals surface area contributed by atoms with Crippen LogP contribution in [0.4, 0.5) is 11.8 Å². The third-order valence-electron chi connectivity index (χ3n) is 2.72. The molecule has 0 aliphatic carbocycles. The SMILES string of the molecule is CCC(O)CNc1nc(NC)nc2sc(C)cc12. The summed E-state index contributed by atoms with van der Waals surface area (Å²) >= 11 is 1.64. The Labute approximate surface area is 110 Å². The minimum Gasteiger partial charge on any atom is -0.391 e. The average Bonchev–Trinajstić information content (AvgIpc) is 2.75. The van der Waals surface area contributed by atoms with Crippen LogP contribution in [0.5, 0.6) is 0 Å². The predicted molar refractivity (Wildman–Crippen MR) is 76.5 cm³/mol. The number of aromatic nitrogens is 2. The van der Waals surface area contributed by atoms with E-state index in [-0.39, 0.29) is 6.10 Å².